The summed E-state index contributed by atoms with van der Waals surface area (Å²) in [5.74, 6) is 0.384. The molecule has 3 aromatic rings. The Morgan fingerprint density at radius 2 is 2.05 bits per heavy atom. The van der Waals surface area contributed by atoms with Gasteiger partial charge < -0.3 is 14.9 Å². The Morgan fingerprint density at radius 3 is 2.84 bits per heavy atom. The van der Waals surface area contributed by atoms with E-state index in [1.807, 2.05) is 0 Å². The van der Waals surface area contributed by atoms with Crippen molar-refractivity contribution in [3.63, 3.8) is 0 Å². The topological polar surface area (TPSA) is 65.5 Å². The summed E-state index contributed by atoms with van der Waals surface area (Å²) in [6.07, 6.45) is 0. The molecular formula is C13H8FNO3S. The maximum Gasteiger partial charge on any atom is 0.396 e. The smallest absolute Gasteiger partial charge is 0.396 e. The molecule has 0 unspecified atom stereocenters. The highest BCUT2D eigenvalue weighted by Gasteiger charge is 2.07. The predicted molar refractivity (Wildman–Crippen MR) is 71.2 cm³/mol. The molecule has 0 aliphatic heterocycles. The van der Waals surface area contributed by atoms with Crippen molar-refractivity contribution in [1.29, 1.82) is 0 Å². The first-order valence-electron chi connectivity index (χ1n) is 5.38. The molecule has 2 aromatic carbocycles. The second-order valence-electron chi connectivity index (χ2n) is 3.85. The molecule has 0 bridgehead atoms. The maximum absolute atomic E-state index is 12.9. The van der Waals surface area contributed by atoms with Crippen LogP contribution in [0.3, 0.4) is 0 Å². The summed E-state index contributed by atoms with van der Waals surface area (Å²) in [5, 5.41) is 0. The fourth-order valence-corrected chi connectivity index (χ4v) is 2.30. The molecule has 0 amide bonds. The van der Waals surface area contributed by atoms with Crippen molar-refractivity contribution in [2.75, 3.05) is 5.73 Å². The third kappa shape index (κ3) is 2.30. The van der Waals surface area contributed by atoms with Crippen molar-refractivity contribution in [3.05, 3.63) is 51.9 Å². The summed E-state index contributed by atoms with van der Waals surface area (Å²) in [6.45, 7) is 0. The quantitative estimate of drug-likeness (QED) is 0.729. The number of hydrogen-bond donors (Lipinski definition) is 1. The zero-order valence-electron chi connectivity index (χ0n) is 9.55. The van der Waals surface area contributed by atoms with Gasteiger partial charge in [-0.1, -0.05) is 11.3 Å². The number of rotatable bonds is 2. The van der Waals surface area contributed by atoms with Crippen molar-refractivity contribution >= 4 is 27.3 Å². The Balaban J connectivity index is 1.98. The third-order valence-corrected chi connectivity index (χ3v) is 3.31. The molecule has 19 heavy (non-hydrogen) atoms. The van der Waals surface area contributed by atoms with Gasteiger partial charge in [0, 0.05) is 12.1 Å². The molecule has 0 aliphatic rings. The lowest BCUT2D eigenvalue weighted by atomic mass is 10.3. The number of halogens is 1. The Bertz CT molecular complexity index is 809. The summed E-state index contributed by atoms with van der Waals surface area (Å²) in [7, 11) is 0. The minimum Gasteiger partial charge on any atom is -0.455 e. The van der Waals surface area contributed by atoms with Crippen molar-refractivity contribution in [1.82, 2.24) is 0 Å². The van der Waals surface area contributed by atoms with Gasteiger partial charge in [-0.2, -0.15) is 0 Å². The molecular weight excluding hydrogens is 269 g/mol. The Morgan fingerprint density at radius 1 is 1.21 bits per heavy atom. The van der Waals surface area contributed by atoms with Crippen LogP contribution in [0.2, 0.25) is 0 Å². The van der Waals surface area contributed by atoms with Crippen molar-refractivity contribution in [3.8, 4) is 11.5 Å². The van der Waals surface area contributed by atoms with Crippen LogP contribution >= 0.6 is 11.3 Å². The zero-order chi connectivity index (χ0) is 13.4. The van der Waals surface area contributed by atoms with Crippen LogP contribution in [0.1, 0.15) is 0 Å². The summed E-state index contributed by atoms with van der Waals surface area (Å²) < 4.78 is 24.2. The van der Waals surface area contributed by atoms with Gasteiger partial charge in [-0.3, -0.25) is 0 Å². The summed E-state index contributed by atoms with van der Waals surface area (Å²) in [6, 6.07) is 8.89. The molecule has 0 atom stereocenters. The fraction of sp³-hybridized carbons (Fsp3) is 0. The van der Waals surface area contributed by atoms with Gasteiger partial charge in [-0.05, 0) is 24.3 Å². The van der Waals surface area contributed by atoms with Crippen LogP contribution in [0.4, 0.5) is 10.1 Å². The van der Waals surface area contributed by atoms with Gasteiger partial charge >= 0.3 is 4.94 Å². The van der Waals surface area contributed by atoms with Crippen LogP contribution in [0.25, 0.3) is 10.3 Å². The Kier molecular flexibility index (Phi) is 2.72. The predicted octanol–water partition coefficient (Wildman–Crippen LogP) is 3.37. The highest BCUT2D eigenvalue weighted by Crippen LogP contribution is 2.30. The van der Waals surface area contributed by atoms with Crippen molar-refractivity contribution in [2.24, 2.45) is 0 Å². The molecule has 0 radical (unpaired) electrons. The minimum atomic E-state index is -0.427. The van der Waals surface area contributed by atoms with Crippen LogP contribution < -0.4 is 15.4 Å². The molecule has 0 aliphatic carbocycles. The first-order chi connectivity index (χ1) is 9.11. The van der Waals surface area contributed by atoms with Gasteiger partial charge in [0.1, 0.15) is 11.6 Å². The van der Waals surface area contributed by atoms with Gasteiger partial charge in [-0.25, -0.2) is 9.18 Å². The molecule has 0 saturated carbocycles. The largest absolute Gasteiger partial charge is 0.455 e. The first kappa shape index (κ1) is 11.7. The molecule has 0 saturated heterocycles. The molecule has 4 nitrogen and oxygen atoms in total. The SMILES string of the molecule is Nc1cc(F)ccc1Oc1ccc2sc(=O)oc2c1. The monoisotopic (exact) mass is 277 g/mol. The zero-order valence-corrected chi connectivity index (χ0v) is 10.4. The van der Waals surface area contributed by atoms with Gasteiger partial charge in [-0.15, -0.1) is 0 Å². The lowest BCUT2D eigenvalue weighted by Gasteiger charge is -2.07. The van der Waals surface area contributed by atoms with E-state index in [2.05, 4.69) is 0 Å². The van der Waals surface area contributed by atoms with Crippen LogP contribution in [0.15, 0.2) is 45.6 Å². The van der Waals surface area contributed by atoms with Crippen molar-refractivity contribution < 1.29 is 13.5 Å². The van der Waals surface area contributed by atoms with Gasteiger partial charge in [0.2, 0.25) is 0 Å². The van der Waals surface area contributed by atoms with Gasteiger partial charge in [0.15, 0.2) is 11.3 Å². The fourth-order valence-electron chi connectivity index (χ4n) is 1.66. The van der Waals surface area contributed by atoms with E-state index >= 15 is 0 Å². The molecule has 96 valence electrons. The standard InChI is InChI=1S/C13H8FNO3S/c14-7-1-3-10(9(15)5-7)17-8-2-4-12-11(6-8)18-13(16)19-12/h1-6H,15H2. The van der Waals surface area contributed by atoms with Crippen LogP contribution in [-0.2, 0) is 0 Å². The van der Waals surface area contributed by atoms with Crippen LogP contribution in [-0.4, -0.2) is 0 Å². The van der Waals surface area contributed by atoms with Crippen LogP contribution in [0.5, 0.6) is 11.5 Å². The maximum atomic E-state index is 12.9. The van der Waals surface area contributed by atoms with E-state index in [0.29, 0.717) is 17.1 Å². The molecule has 2 N–H and O–H groups in total. The highest BCUT2D eigenvalue weighted by atomic mass is 32.1. The summed E-state index contributed by atoms with van der Waals surface area (Å²) >= 11 is 1.02. The number of ether oxygens (including phenoxy) is 1. The average molecular weight is 277 g/mol. The minimum absolute atomic E-state index is 0.201. The second kappa shape index (κ2) is 4.40. The van der Waals surface area contributed by atoms with Gasteiger partial charge in [0.05, 0.1) is 10.4 Å². The van der Waals surface area contributed by atoms with E-state index in [1.54, 1.807) is 18.2 Å². The van der Waals surface area contributed by atoms with E-state index < -0.39 is 5.82 Å². The number of anilines is 1. The summed E-state index contributed by atoms with van der Waals surface area (Å²) in [5.41, 5.74) is 6.30. The number of nitrogen functional groups attached to an aromatic ring is 1. The molecule has 1 aromatic heterocycles. The highest BCUT2D eigenvalue weighted by molar-refractivity contribution is 7.16. The number of hydrogen-bond acceptors (Lipinski definition) is 5. The van der Waals surface area contributed by atoms with E-state index in [1.165, 1.54) is 18.2 Å². The molecule has 0 fully saturated rings. The van der Waals surface area contributed by atoms with Crippen LogP contribution in [0, 0.1) is 5.82 Å². The average Bonchev–Trinajstić information content (AvgIpc) is 2.72. The van der Waals surface area contributed by atoms with E-state index in [9.17, 15) is 9.18 Å². The lowest BCUT2D eigenvalue weighted by molar-refractivity contribution is 0.481. The van der Waals surface area contributed by atoms with E-state index in [-0.39, 0.29) is 10.6 Å². The Hall–Kier alpha value is -2.34. The number of nitrogens with two attached hydrogens (primary N) is 1. The Labute approximate surface area is 110 Å². The summed E-state index contributed by atoms with van der Waals surface area (Å²) in [4.78, 5) is 10.7. The molecule has 6 heteroatoms. The lowest BCUT2D eigenvalue weighted by Crippen LogP contribution is -1.92. The molecule has 0 spiro atoms. The normalized spacial score (nSPS) is 10.8. The van der Waals surface area contributed by atoms with Crippen molar-refractivity contribution in [2.45, 2.75) is 0 Å². The van der Waals surface area contributed by atoms with E-state index in [4.69, 9.17) is 14.9 Å². The number of benzene rings is 2. The number of fused-ring (bicyclic) bond motifs is 1. The van der Waals surface area contributed by atoms with E-state index in [0.717, 1.165) is 16.0 Å². The first-order valence-corrected chi connectivity index (χ1v) is 6.20. The molecule has 3 rings (SSSR count). The molecule has 1 heterocycles. The van der Waals surface area contributed by atoms with Gasteiger partial charge in [0.25, 0.3) is 0 Å². The third-order valence-electron chi connectivity index (χ3n) is 2.50. The second-order valence-corrected chi connectivity index (χ2v) is 4.82.